The van der Waals surface area contributed by atoms with Crippen molar-refractivity contribution in [2.24, 2.45) is 0 Å². The summed E-state index contributed by atoms with van der Waals surface area (Å²) in [7, 11) is 0. The van der Waals surface area contributed by atoms with Crippen LogP contribution in [0.1, 0.15) is 42.9 Å². The second kappa shape index (κ2) is 12.9. The summed E-state index contributed by atoms with van der Waals surface area (Å²) in [5, 5.41) is 4.07. The molecule has 4 aromatic carbocycles. The average molecular weight is 615 g/mol. The smallest absolute Gasteiger partial charge is 0.408 e. The molecule has 234 valence electrons. The van der Waals surface area contributed by atoms with Crippen molar-refractivity contribution < 1.29 is 13.9 Å². The Morgan fingerprint density at radius 2 is 1.57 bits per heavy atom. The number of carbonyl (C=O) groups is 1. The first-order chi connectivity index (χ1) is 22.5. The molecule has 1 aliphatic carbocycles. The van der Waals surface area contributed by atoms with E-state index in [-0.39, 0.29) is 12.4 Å². The highest BCUT2D eigenvalue weighted by molar-refractivity contribution is 5.82. The third kappa shape index (κ3) is 5.95. The number of nitrogens with one attached hydrogen (secondary N) is 1. The van der Waals surface area contributed by atoms with Crippen LogP contribution in [-0.2, 0) is 16.9 Å². The highest BCUT2D eigenvalue weighted by Gasteiger charge is 2.46. The molecule has 0 radical (unpaired) electrons. The van der Waals surface area contributed by atoms with Crippen LogP contribution >= 0.6 is 0 Å². The first-order valence-corrected chi connectivity index (χ1v) is 16.3. The molecule has 7 heteroatoms. The zero-order valence-electron chi connectivity index (χ0n) is 26.2. The number of aromatic nitrogens is 1. The summed E-state index contributed by atoms with van der Waals surface area (Å²) < 4.78 is 19.8. The maximum absolute atomic E-state index is 13.4. The number of hydrogen-bond acceptors (Lipinski definition) is 5. The number of amides is 1. The Hall–Kier alpha value is -4.75. The first-order valence-electron chi connectivity index (χ1n) is 16.3. The Morgan fingerprint density at radius 1 is 0.870 bits per heavy atom. The van der Waals surface area contributed by atoms with Gasteiger partial charge in [-0.2, -0.15) is 0 Å². The molecule has 1 aromatic heterocycles. The highest BCUT2D eigenvalue weighted by Crippen LogP contribution is 2.52. The molecule has 1 fully saturated rings. The fourth-order valence-corrected chi connectivity index (χ4v) is 7.14. The van der Waals surface area contributed by atoms with Crippen LogP contribution in [0, 0.1) is 5.82 Å². The quantitative estimate of drug-likeness (QED) is 0.171. The maximum atomic E-state index is 13.4. The molecule has 6 nitrogen and oxygen atoms in total. The summed E-state index contributed by atoms with van der Waals surface area (Å²) in [4.78, 5) is 23.3. The SMILES string of the molecule is C[C@H]1CN(c2ccc3ccccc3n2)CCN1CCCCC1(OC(=O)NCc2ccc(F)cc2)c2ccccc2-c2ccccc21. The zero-order chi connectivity index (χ0) is 31.5. The molecule has 1 atom stereocenters. The molecule has 0 bridgehead atoms. The number of hydrogen-bond donors (Lipinski definition) is 1. The number of anilines is 1. The lowest BCUT2D eigenvalue weighted by Crippen LogP contribution is -2.52. The molecule has 1 N–H and O–H groups in total. The van der Waals surface area contributed by atoms with Gasteiger partial charge in [-0.25, -0.2) is 14.2 Å². The molecule has 1 amide bonds. The molecule has 7 rings (SSSR count). The molecular formula is C39H39FN4O2. The zero-order valence-corrected chi connectivity index (χ0v) is 26.2. The van der Waals surface area contributed by atoms with E-state index in [9.17, 15) is 9.18 Å². The van der Waals surface area contributed by atoms with Gasteiger partial charge in [0.25, 0.3) is 0 Å². The normalized spacial score (nSPS) is 17.0. The Kier molecular flexibility index (Phi) is 8.41. The molecule has 5 aromatic rings. The van der Waals surface area contributed by atoms with Crippen molar-refractivity contribution in [2.75, 3.05) is 31.1 Å². The third-order valence-corrected chi connectivity index (χ3v) is 9.53. The highest BCUT2D eigenvalue weighted by atomic mass is 19.1. The second-order valence-electron chi connectivity index (χ2n) is 12.4. The summed E-state index contributed by atoms with van der Waals surface area (Å²) in [5.41, 5.74) is 5.23. The van der Waals surface area contributed by atoms with Gasteiger partial charge in [-0.15, -0.1) is 0 Å². The first kappa shape index (κ1) is 29.9. The van der Waals surface area contributed by atoms with Gasteiger partial charge in [0, 0.05) is 48.7 Å². The number of para-hydroxylation sites is 1. The van der Waals surface area contributed by atoms with Gasteiger partial charge < -0.3 is 15.0 Å². The number of rotatable bonds is 9. The Balaban J connectivity index is 1.02. The molecule has 2 heterocycles. The maximum Gasteiger partial charge on any atom is 0.408 e. The van der Waals surface area contributed by atoms with Crippen LogP contribution in [0.25, 0.3) is 22.0 Å². The molecule has 1 aliphatic heterocycles. The van der Waals surface area contributed by atoms with Crippen molar-refractivity contribution in [1.82, 2.24) is 15.2 Å². The number of carbonyl (C=O) groups excluding carboxylic acids is 1. The number of benzene rings is 4. The molecule has 0 saturated carbocycles. The number of pyridine rings is 1. The van der Waals surface area contributed by atoms with Crippen molar-refractivity contribution in [3.63, 3.8) is 0 Å². The van der Waals surface area contributed by atoms with E-state index in [1.54, 1.807) is 12.1 Å². The van der Waals surface area contributed by atoms with Crippen LogP contribution in [0.2, 0.25) is 0 Å². The third-order valence-electron chi connectivity index (χ3n) is 9.53. The predicted octanol–water partition coefficient (Wildman–Crippen LogP) is 7.91. The van der Waals surface area contributed by atoms with Crippen LogP contribution in [-0.4, -0.2) is 48.2 Å². The Morgan fingerprint density at radius 3 is 2.30 bits per heavy atom. The van der Waals surface area contributed by atoms with Crippen LogP contribution in [0.4, 0.5) is 15.0 Å². The molecule has 1 saturated heterocycles. The lowest BCUT2D eigenvalue weighted by molar-refractivity contribution is 0.0322. The van der Waals surface area contributed by atoms with Gasteiger partial charge in [0.1, 0.15) is 11.6 Å². The largest absolute Gasteiger partial charge is 0.433 e. The van der Waals surface area contributed by atoms with E-state index in [2.05, 4.69) is 70.6 Å². The molecular weight excluding hydrogens is 575 g/mol. The monoisotopic (exact) mass is 614 g/mol. The van der Waals surface area contributed by atoms with Crippen LogP contribution < -0.4 is 10.2 Å². The number of fused-ring (bicyclic) bond motifs is 4. The average Bonchev–Trinajstić information content (AvgIpc) is 3.36. The van der Waals surface area contributed by atoms with Gasteiger partial charge >= 0.3 is 6.09 Å². The van der Waals surface area contributed by atoms with Crippen molar-refractivity contribution in [3.8, 4) is 11.1 Å². The van der Waals surface area contributed by atoms with E-state index in [1.165, 1.54) is 12.1 Å². The number of alkyl carbamates (subject to hydrolysis) is 1. The number of halogens is 1. The molecule has 46 heavy (non-hydrogen) atoms. The lowest BCUT2D eigenvalue weighted by atomic mass is 9.86. The number of ether oxygens (including phenoxy) is 1. The van der Waals surface area contributed by atoms with E-state index in [0.717, 1.165) is 83.6 Å². The predicted molar refractivity (Wildman–Crippen MR) is 181 cm³/mol. The van der Waals surface area contributed by atoms with Crippen molar-refractivity contribution >= 4 is 22.8 Å². The van der Waals surface area contributed by atoms with Crippen LogP contribution in [0.3, 0.4) is 0 Å². The van der Waals surface area contributed by atoms with Gasteiger partial charge in [-0.3, -0.25) is 4.90 Å². The van der Waals surface area contributed by atoms with E-state index < -0.39 is 11.7 Å². The number of unbranched alkanes of at least 4 members (excludes halogenated alkanes) is 1. The van der Waals surface area contributed by atoms with Crippen molar-refractivity contribution in [2.45, 2.75) is 44.4 Å². The van der Waals surface area contributed by atoms with Crippen molar-refractivity contribution in [1.29, 1.82) is 0 Å². The van der Waals surface area contributed by atoms with Gasteiger partial charge in [0.15, 0.2) is 5.60 Å². The standard InChI is InChI=1S/C39H39FN4O2/c1-28-27-44(37-21-18-30-10-2-7-15-36(30)42-37)25-24-43(28)23-9-8-22-39(46-38(45)41-26-29-16-19-31(40)20-17-29)34-13-5-3-11-32(34)33-12-4-6-14-35(33)39/h2-7,10-21,28H,8-9,22-27H2,1H3,(H,41,45)/t28-/m0/s1. The Bertz CT molecular complexity index is 1800. The summed E-state index contributed by atoms with van der Waals surface area (Å²) in [6.45, 7) is 6.40. The van der Waals surface area contributed by atoms with Gasteiger partial charge in [0.2, 0.25) is 0 Å². The lowest BCUT2D eigenvalue weighted by Gasteiger charge is -2.40. The van der Waals surface area contributed by atoms with Crippen molar-refractivity contribution in [3.05, 3.63) is 132 Å². The van der Waals surface area contributed by atoms with Gasteiger partial charge in [-0.05, 0) is 79.8 Å². The summed E-state index contributed by atoms with van der Waals surface area (Å²) in [6, 6.07) is 35.6. The van der Waals surface area contributed by atoms with Gasteiger partial charge in [0.05, 0.1) is 5.52 Å². The minimum Gasteiger partial charge on any atom is -0.433 e. The van der Waals surface area contributed by atoms with E-state index in [4.69, 9.17) is 9.72 Å². The van der Waals surface area contributed by atoms with E-state index in [0.29, 0.717) is 12.5 Å². The van der Waals surface area contributed by atoms with E-state index in [1.807, 2.05) is 36.4 Å². The fraction of sp³-hybridized carbons (Fsp3) is 0.282. The minimum atomic E-state index is -0.883. The summed E-state index contributed by atoms with van der Waals surface area (Å²) >= 11 is 0. The molecule has 0 spiro atoms. The summed E-state index contributed by atoms with van der Waals surface area (Å²) in [5.74, 6) is 0.739. The second-order valence-corrected chi connectivity index (χ2v) is 12.4. The Labute approximate surface area is 269 Å². The van der Waals surface area contributed by atoms with Gasteiger partial charge in [-0.1, -0.05) is 78.9 Å². The topological polar surface area (TPSA) is 57.7 Å². The van der Waals surface area contributed by atoms with E-state index >= 15 is 0 Å². The van der Waals surface area contributed by atoms with Crippen LogP contribution in [0.15, 0.2) is 109 Å². The molecule has 0 unspecified atom stereocenters. The number of piperazine rings is 1. The van der Waals surface area contributed by atoms with Crippen LogP contribution in [0.5, 0.6) is 0 Å². The fourth-order valence-electron chi connectivity index (χ4n) is 7.14. The summed E-state index contributed by atoms with van der Waals surface area (Å²) in [6.07, 6.45) is 2.08. The minimum absolute atomic E-state index is 0.261. The number of nitrogens with zero attached hydrogens (tertiary/aromatic N) is 3. The molecule has 2 aliphatic rings.